The van der Waals surface area contributed by atoms with Gasteiger partial charge in [-0.3, -0.25) is 9.78 Å². The highest BCUT2D eigenvalue weighted by molar-refractivity contribution is 9.10. The van der Waals surface area contributed by atoms with E-state index in [-0.39, 0.29) is 18.3 Å². The molecule has 1 aromatic heterocycles. The van der Waals surface area contributed by atoms with Crippen LogP contribution < -0.4 is 10.1 Å². The number of amides is 1. The predicted molar refractivity (Wildman–Crippen MR) is 97.1 cm³/mol. The van der Waals surface area contributed by atoms with E-state index >= 15 is 0 Å². The second kappa shape index (κ2) is 7.90. The lowest BCUT2D eigenvalue weighted by Crippen LogP contribution is -2.14. The summed E-state index contributed by atoms with van der Waals surface area (Å²) in [5, 5.41) is 2.78. The van der Waals surface area contributed by atoms with Gasteiger partial charge in [0.2, 0.25) is 0 Å². The van der Waals surface area contributed by atoms with Crippen LogP contribution in [0.25, 0.3) is 0 Å². The van der Waals surface area contributed by atoms with E-state index in [9.17, 15) is 9.18 Å². The third kappa shape index (κ3) is 4.64. The number of benzene rings is 2. The Morgan fingerprint density at radius 2 is 1.96 bits per heavy atom. The molecule has 1 heterocycles. The Labute approximate surface area is 152 Å². The number of ether oxygens (including phenoxy) is 1. The van der Waals surface area contributed by atoms with E-state index in [2.05, 4.69) is 26.2 Å². The molecule has 4 nitrogen and oxygen atoms in total. The molecular formula is C19H14BrFN2O2. The fourth-order valence-corrected chi connectivity index (χ4v) is 2.54. The number of carbonyl (C=O) groups is 1. The van der Waals surface area contributed by atoms with E-state index in [4.69, 9.17) is 4.74 Å². The zero-order chi connectivity index (χ0) is 17.6. The van der Waals surface area contributed by atoms with Crippen molar-refractivity contribution >= 4 is 27.5 Å². The molecule has 0 fully saturated rings. The lowest BCUT2D eigenvalue weighted by atomic mass is 10.1. The molecule has 1 amide bonds. The fourth-order valence-electron chi connectivity index (χ4n) is 2.18. The molecule has 0 atom stereocenters. The Hall–Kier alpha value is -2.73. The molecule has 25 heavy (non-hydrogen) atoms. The molecule has 0 aliphatic carbocycles. The van der Waals surface area contributed by atoms with Crippen LogP contribution in [0, 0.1) is 5.82 Å². The van der Waals surface area contributed by atoms with Crippen LogP contribution in [0.15, 0.2) is 71.5 Å². The molecule has 0 radical (unpaired) electrons. The standard InChI is InChI=1S/C19H14BrFN2O2/c20-14-5-8-18(25-12-13-3-6-15(21)7-4-13)17(10-14)19(24)23-16-2-1-9-22-11-16/h1-11H,12H2,(H,23,24). The van der Waals surface area contributed by atoms with Crippen LogP contribution in [0.5, 0.6) is 5.75 Å². The van der Waals surface area contributed by atoms with Crippen LogP contribution >= 0.6 is 15.9 Å². The molecule has 0 aliphatic heterocycles. The summed E-state index contributed by atoms with van der Waals surface area (Å²) in [7, 11) is 0. The highest BCUT2D eigenvalue weighted by Gasteiger charge is 2.14. The Bertz CT molecular complexity index is 870. The fraction of sp³-hybridized carbons (Fsp3) is 0.0526. The number of carbonyl (C=O) groups excluding carboxylic acids is 1. The van der Waals surface area contributed by atoms with E-state index in [1.165, 1.54) is 12.1 Å². The summed E-state index contributed by atoms with van der Waals surface area (Å²) < 4.78 is 19.5. The highest BCUT2D eigenvalue weighted by Crippen LogP contribution is 2.25. The van der Waals surface area contributed by atoms with E-state index in [1.807, 2.05) is 0 Å². The molecular weight excluding hydrogens is 387 g/mol. The molecule has 0 saturated carbocycles. The van der Waals surface area contributed by atoms with Crippen molar-refractivity contribution in [1.29, 1.82) is 0 Å². The zero-order valence-electron chi connectivity index (χ0n) is 13.1. The minimum absolute atomic E-state index is 0.231. The topological polar surface area (TPSA) is 51.2 Å². The third-order valence-electron chi connectivity index (χ3n) is 3.41. The first-order valence-corrected chi connectivity index (χ1v) is 8.29. The maximum Gasteiger partial charge on any atom is 0.259 e. The van der Waals surface area contributed by atoms with Crippen molar-refractivity contribution in [2.24, 2.45) is 0 Å². The van der Waals surface area contributed by atoms with E-state index in [0.717, 1.165) is 10.0 Å². The van der Waals surface area contributed by atoms with Gasteiger partial charge in [-0.2, -0.15) is 0 Å². The monoisotopic (exact) mass is 400 g/mol. The van der Waals surface area contributed by atoms with Crippen molar-refractivity contribution < 1.29 is 13.9 Å². The first-order chi connectivity index (χ1) is 12.1. The number of nitrogens with zero attached hydrogens (tertiary/aromatic N) is 1. The number of nitrogens with one attached hydrogen (secondary N) is 1. The van der Waals surface area contributed by atoms with Crippen LogP contribution in [0.2, 0.25) is 0 Å². The molecule has 126 valence electrons. The molecule has 3 rings (SSSR count). The lowest BCUT2D eigenvalue weighted by Gasteiger charge is -2.12. The van der Waals surface area contributed by atoms with Crippen LogP contribution in [0.3, 0.4) is 0 Å². The number of anilines is 1. The quantitative estimate of drug-likeness (QED) is 0.668. The van der Waals surface area contributed by atoms with Crippen LogP contribution in [-0.4, -0.2) is 10.9 Å². The van der Waals surface area contributed by atoms with Crippen molar-refractivity contribution in [2.75, 3.05) is 5.32 Å². The van der Waals surface area contributed by atoms with Gasteiger partial charge in [0.1, 0.15) is 18.2 Å². The van der Waals surface area contributed by atoms with Gasteiger partial charge in [-0.1, -0.05) is 28.1 Å². The first kappa shape index (κ1) is 17.1. The van der Waals surface area contributed by atoms with Gasteiger partial charge < -0.3 is 10.1 Å². The minimum atomic E-state index is -0.302. The molecule has 3 aromatic rings. The summed E-state index contributed by atoms with van der Waals surface area (Å²) in [6, 6.07) is 14.7. The largest absolute Gasteiger partial charge is 0.488 e. The van der Waals surface area contributed by atoms with Crippen molar-refractivity contribution in [3.8, 4) is 5.75 Å². The molecule has 0 spiro atoms. The molecule has 0 aliphatic rings. The molecule has 6 heteroatoms. The summed E-state index contributed by atoms with van der Waals surface area (Å²) in [5.41, 5.74) is 1.79. The van der Waals surface area contributed by atoms with Crippen LogP contribution in [0.4, 0.5) is 10.1 Å². The Morgan fingerprint density at radius 3 is 2.68 bits per heavy atom. The average Bonchev–Trinajstić information content (AvgIpc) is 2.63. The van der Waals surface area contributed by atoms with Gasteiger partial charge in [0.05, 0.1) is 17.4 Å². The maximum absolute atomic E-state index is 13.0. The first-order valence-electron chi connectivity index (χ1n) is 7.50. The summed E-state index contributed by atoms with van der Waals surface area (Å²) in [6.45, 7) is 0.231. The van der Waals surface area contributed by atoms with Gasteiger partial charge in [0, 0.05) is 10.7 Å². The van der Waals surface area contributed by atoms with E-state index in [0.29, 0.717) is 17.0 Å². The number of halogens is 2. The van der Waals surface area contributed by atoms with Gasteiger partial charge in [-0.05, 0) is 48.0 Å². The second-order valence-electron chi connectivity index (χ2n) is 5.25. The number of hydrogen-bond acceptors (Lipinski definition) is 3. The number of aromatic nitrogens is 1. The number of hydrogen-bond donors (Lipinski definition) is 1. The van der Waals surface area contributed by atoms with E-state index in [1.54, 1.807) is 54.9 Å². The SMILES string of the molecule is O=C(Nc1cccnc1)c1cc(Br)ccc1OCc1ccc(F)cc1. The Morgan fingerprint density at radius 1 is 1.16 bits per heavy atom. The van der Waals surface area contributed by atoms with Gasteiger partial charge in [-0.15, -0.1) is 0 Å². The maximum atomic E-state index is 13.0. The van der Waals surface area contributed by atoms with Crippen LogP contribution in [-0.2, 0) is 6.61 Å². The molecule has 0 saturated heterocycles. The van der Waals surface area contributed by atoms with Gasteiger partial charge >= 0.3 is 0 Å². The van der Waals surface area contributed by atoms with Crippen LogP contribution in [0.1, 0.15) is 15.9 Å². The lowest BCUT2D eigenvalue weighted by molar-refractivity contribution is 0.102. The molecule has 0 unspecified atom stereocenters. The smallest absolute Gasteiger partial charge is 0.259 e. The van der Waals surface area contributed by atoms with Crippen molar-refractivity contribution in [1.82, 2.24) is 4.98 Å². The summed E-state index contributed by atoms with van der Waals surface area (Å²) >= 11 is 3.36. The Kier molecular flexibility index (Phi) is 5.40. The molecule has 1 N–H and O–H groups in total. The van der Waals surface area contributed by atoms with Crippen molar-refractivity contribution in [3.63, 3.8) is 0 Å². The van der Waals surface area contributed by atoms with E-state index < -0.39 is 0 Å². The molecule has 2 aromatic carbocycles. The van der Waals surface area contributed by atoms with Gasteiger partial charge in [-0.25, -0.2) is 4.39 Å². The molecule has 0 bridgehead atoms. The summed E-state index contributed by atoms with van der Waals surface area (Å²) in [4.78, 5) is 16.5. The van der Waals surface area contributed by atoms with Gasteiger partial charge in [0.15, 0.2) is 0 Å². The third-order valence-corrected chi connectivity index (χ3v) is 3.91. The highest BCUT2D eigenvalue weighted by atomic mass is 79.9. The number of rotatable bonds is 5. The van der Waals surface area contributed by atoms with Gasteiger partial charge in [0.25, 0.3) is 5.91 Å². The van der Waals surface area contributed by atoms with Crippen molar-refractivity contribution in [2.45, 2.75) is 6.61 Å². The van der Waals surface area contributed by atoms with Crippen molar-refractivity contribution in [3.05, 3.63) is 88.4 Å². The summed E-state index contributed by atoms with van der Waals surface area (Å²) in [6.07, 6.45) is 3.20. The zero-order valence-corrected chi connectivity index (χ0v) is 14.7. The predicted octanol–water partition coefficient (Wildman–Crippen LogP) is 4.81. The minimum Gasteiger partial charge on any atom is -0.488 e. The summed E-state index contributed by atoms with van der Waals surface area (Å²) in [5.74, 6) is -0.166. The normalized spacial score (nSPS) is 10.3. The second-order valence-corrected chi connectivity index (χ2v) is 6.17. The Balaban J connectivity index is 1.77. The number of pyridine rings is 1. The average molecular weight is 401 g/mol.